The minimum Gasteiger partial charge on any atom is -0.496 e. The maximum atomic E-state index is 11.5. The second kappa shape index (κ2) is 9.28. The highest BCUT2D eigenvalue weighted by Gasteiger charge is 2.24. The van der Waals surface area contributed by atoms with Gasteiger partial charge in [-0.2, -0.15) is 0 Å². The molecule has 31 heavy (non-hydrogen) atoms. The lowest BCUT2D eigenvalue weighted by Gasteiger charge is -2.30. The molecule has 0 radical (unpaired) electrons. The van der Waals surface area contributed by atoms with E-state index in [2.05, 4.69) is 53.2 Å². The average molecular weight is 444 g/mol. The fraction of sp³-hybridized carbons (Fsp3) is 0.500. The molecule has 0 spiro atoms. The number of methoxy groups -OCH3 is 1. The molecule has 1 aliphatic carbocycles. The molecule has 1 aliphatic heterocycles. The number of ether oxygens (including phenoxy) is 1. The third-order valence-electron chi connectivity index (χ3n) is 6.41. The van der Waals surface area contributed by atoms with Crippen molar-refractivity contribution in [2.45, 2.75) is 44.7 Å². The van der Waals surface area contributed by atoms with Crippen molar-refractivity contribution in [3.63, 3.8) is 0 Å². The van der Waals surface area contributed by atoms with Crippen molar-refractivity contribution in [2.75, 3.05) is 33.5 Å². The number of nitrogens with zero attached hydrogens (tertiary/aromatic N) is 2. The van der Waals surface area contributed by atoms with Crippen LogP contribution in [0.25, 0.3) is 0 Å². The van der Waals surface area contributed by atoms with Crippen molar-refractivity contribution in [2.24, 2.45) is 0 Å². The molecule has 0 aromatic heterocycles. The first-order valence-electron chi connectivity index (χ1n) is 11.0. The number of fused-ring (bicyclic) bond motifs is 2. The molecule has 0 saturated heterocycles. The van der Waals surface area contributed by atoms with Crippen LogP contribution >= 0.6 is 0 Å². The minimum absolute atomic E-state index is 0.555. The molecule has 0 bridgehead atoms. The summed E-state index contributed by atoms with van der Waals surface area (Å²) in [4.78, 5) is 5.02. The fourth-order valence-corrected chi connectivity index (χ4v) is 5.58. The maximum absolute atomic E-state index is 11.5. The Bertz CT molecular complexity index is 1040. The summed E-state index contributed by atoms with van der Waals surface area (Å²) in [5.74, 6) is 1.59. The van der Waals surface area contributed by atoms with Crippen LogP contribution in [0, 0.1) is 0 Å². The van der Waals surface area contributed by atoms with Gasteiger partial charge in [0.2, 0.25) is 10.0 Å². The van der Waals surface area contributed by atoms with E-state index in [1.807, 2.05) is 0 Å². The van der Waals surface area contributed by atoms with Crippen molar-refractivity contribution in [3.05, 3.63) is 64.2 Å². The van der Waals surface area contributed by atoms with Gasteiger partial charge in [-0.05, 0) is 72.5 Å². The molecule has 7 heteroatoms. The average Bonchev–Trinajstić information content (AvgIpc) is 3.11. The number of nitrogens with one attached hydrogen (secondary N) is 1. The minimum atomic E-state index is -3.24. The number of hydrogen-bond acceptors (Lipinski definition) is 5. The summed E-state index contributed by atoms with van der Waals surface area (Å²) in [7, 11) is 0.735. The number of rotatable bonds is 8. The second-order valence-corrected chi connectivity index (χ2v) is 10.7. The summed E-state index contributed by atoms with van der Waals surface area (Å²) in [5.41, 5.74) is 6.55. The number of hydrogen-bond donors (Lipinski definition) is 1. The predicted molar refractivity (Wildman–Crippen MR) is 124 cm³/mol. The Morgan fingerprint density at radius 2 is 2.00 bits per heavy atom. The molecular weight excluding hydrogens is 410 g/mol. The van der Waals surface area contributed by atoms with Gasteiger partial charge in [-0.25, -0.2) is 13.4 Å². The van der Waals surface area contributed by atoms with Crippen molar-refractivity contribution < 1.29 is 13.2 Å². The highest BCUT2D eigenvalue weighted by Crippen LogP contribution is 2.37. The van der Waals surface area contributed by atoms with Crippen LogP contribution in [0.15, 0.2) is 36.4 Å². The Morgan fingerprint density at radius 3 is 2.77 bits per heavy atom. The van der Waals surface area contributed by atoms with E-state index >= 15 is 0 Å². The van der Waals surface area contributed by atoms with Crippen LogP contribution in [0.4, 0.5) is 0 Å². The van der Waals surface area contributed by atoms with E-state index in [1.165, 1.54) is 46.9 Å². The summed E-state index contributed by atoms with van der Waals surface area (Å²) in [6.07, 6.45) is 5.74. The lowest BCUT2D eigenvalue weighted by Crippen LogP contribution is -2.37. The SMILES string of the molecule is COc1cccc2c1CCC[C@H]2CN(C)CCc1ccc2c(c1)CN(NS(C)(=O)=O)C2. The normalized spacial score (nSPS) is 18.8. The Balaban J connectivity index is 1.34. The monoisotopic (exact) mass is 443 g/mol. The molecule has 2 aromatic rings. The molecule has 2 aliphatic rings. The van der Waals surface area contributed by atoms with Gasteiger partial charge < -0.3 is 9.64 Å². The van der Waals surface area contributed by atoms with E-state index in [-0.39, 0.29) is 0 Å². The van der Waals surface area contributed by atoms with Gasteiger partial charge in [0.05, 0.1) is 13.4 Å². The third kappa shape index (κ3) is 5.47. The van der Waals surface area contributed by atoms with Gasteiger partial charge in [0, 0.05) is 26.2 Å². The van der Waals surface area contributed by atoms with Crippen molar-refractivity contribution in [3.8, 4) is 5.75 Å². The first-order valence-corrected chi connectivity index (χ1v) is 12.9. The van der Waals surface area contributed by atoms with E-state index in [1.54, 1.807) is 12.1 Å². The summed E-state index contributed by atoms with van der Waals surface area (Å²) >= 11 is 0. The van der Waals surface area contributed by atoms with Crippen LogP contribution in [0.5, 0.6) is 5.75 Å². The zero-order valence-electron chi connectivity index (χ0n) is 18.7. The lowest BCUT2D eigenvalue weighted by molar-refractivity contribution is 0.249. The van der Waals surface area contributed by atoms with Gasteiger partial charge in [0.1, 0.15) is 5.75 Å². The summed E-state index contributed by atoms with van der Waals surface area (Å²) < 4.78 is 28.6. The van der Waals surface area contributed by atoms with Gasteiger partial charge in [-0.3, -0.25) is 0 Å². The van der Waals surface area contributed by atoms with E-state index in [9.17, 15) is 8.42 Å². The van der Waals surface area contributed by atoms with Gasteiger partial charge >= 0.3 is 0 Å². The van der Waals surface area contributed by atoms with E-state index in [0.29, 0.717) is 19.0 Å². The third-order valence-corrected chi connectivity index (χ3v) is 7.00. The summed E-state index contributed by atoms with van der Waals surface area (Å²) in [6.45, 7) is 3.29. The molecule has 0 saturated carbocycles. The Hall–Kier alpha value is -1.93. The first-order chi connectivity index (χ1) is 14.8. The summed E-state index contributed by atoms with van der Waals surface area (Å²) in [6, 6.07) is 13.0. The van der Waals surface area contributed by atoms with Crippen LogP contribution in [-0.4, -0.2) is 51.8 Å². The lowest BCUT2D eigenvalue weighted by atomic mass is 9.82. The van der Waals surface area contributed by atoms with Crippen LogP contribution in [0.3, 0.4) is 0 Å². The van der Waals surface area contributed by atoms with Crippen LogP contribution < -0.4 is 9.57 Å². The van der Waals surface area contributed by atoms with Crippen LogP contribution in [-0.2, 0) is 36.0 Å². The summed E-state index contributed by atoms with van der Waals surface area (Å²) in [5, 5.41) is 1.75. The Kier molecular flexibility index (Phi) is 6.67. The molecular formula is C24H33N3O3S. The number of sulfonamides is 1. The first kappa shape index (κ1) is 22.3. The largest absolute Gasteiger partial charge is 0.496 e. The van der Waals surface area contributed by atoms with Crippen LogP contribution in [0.1, 0.15) is 46.6 Å². The highest BCUT2D eigenvalue weighted by molar-refractivity contribution is 7.88. The van der Waals surface area contributed by atoms with E-state index in [0.717, 1.165) is 31.7 Å². The molecule has 0 amide bonds. The van der Waals surface area contributed by atoms with E-state index < -0.39 is 10.0 Å². The topological polar surface area (TPSA) is 61.9 Å². The smallest absolute Gasteiger partial charge is 0.221 e. The number of benzene rings is 2. The van der Waals surface area contributed by atoms with Crippen molar-refractivity contribution >= 4 is 10.0 Å². The van der Waals surface area contributed by atoms with Gasteiger partial charge in [-0.15, -0.1) is 4.83 Å². The predicted octanol–water partition coefficient (Wildman–Crippen LogP) is 3.07. The second-order valence-electron chi connectivity index (χ2n) is 8.95. The van der Waals surface area contributed by atoms with Crippen LogP contribution in [0.2, 0.25) is 0 Å². The molecule has 4 rings (SSSR count). The fourth-order valence-electron chi connectivity index (χ4n) is 4.98. The van der Waals surface area contributed by atoms with Crippen molar-refractivity contribution in [1.29, 1.82) is 0 Å². The molecule has 168 valence electrons. The highest BCUT2D eigenvalue weighted by atomic mass is 32.2. The molecule has 0 unspecified atom stereocenters. The zero-order valence-corrected chi connectivity index (χ0v) is 19.5. The molecule has 1 atom stereocenters. The molecule has 0 fully saturated rings. The molecule has 2 aromatic carbocycles. The zero-order chi connectivity index (χ0) is 22.0. The molecule has 1 N–H and O–H groups in total. The van der Waals surface area contributed by atoms with Gasteiger partial charge in [0.25, 0.3) is 0 Å². The quantitative estimate of drug-likeness (QED) is 0.679. The standard InChI is InChI=1S/C24H33N3O3S/c1-26(15-20-6-4-8-23-22(20)7-5-9-24(23)30-2)13-12-18-10-11-19-16-27(17-21(19)14-18)25-31(3,28)29/h5,7,9-11,14,20,25H,4,6,8,12-13,15-17H2,1-3H3/t20-/m0/s1. The number of hydrazine groups is 1. The Labute approximate surface area is 186 Å². The van der Waals surface area contributed by atoms with E-state index in [4.69, 9.17) is 4.74 Å². The van der Waals surface area contributed by atoms with Crippen molar-refractivity contribution in [1.82, 2.24) is 14.7 Å². The number of likely N-dealkylation sites (N-methyl/N-ethyl adjacent to an activating group) is 1. The Morgan fingerprint density at radius 1 is 1.19 bits per heavy atom. The molecule has 6 nitrogen and oxygen atoms in total. The molecule has 1 heterocycles. The van der Waals surface area contributed by atoms with Gasteiger partial charge in [0.15, 0.2) is 0 Å². The van der Waals surface area contributed by atoms with Gasteiger partial charge in [-0.1, -0.05) is 30.3 Å². The maximum Gasteiger partial charge on any atom is 0.221 e.